The van der Waals surface area contributed by atoms with E-state index in [0.29, 0.717) is 12.8 Å². The Labute approximate surface area is 280 Å². The van der Waals surface area contributed by atoms with E-state index in [9.17, 15) is 9.59 Å². The van der Waals surface area contributed by atoms with Crippen LogP contribution in [0.25, 0.3) is 0 Å². The lowest BCUT2D eigenvalue weighted by Gasteiger charge is -2.04. The summed E-state index contributed by atoms with van der Waals surface area (Å²) in [5, 5.41) is 33.0. The fourth-order valence-corrected chi connectivity index (χ4v) is 5.19. The van der Waals surface area contributed by atoms with Gasteiger partial charge in [-0.3, -0.25) is 9.59 Å². The lowest BCUT2D eigenvalue weighted by Crippen LogP contribution is -2.03. The number of hydrogen-bond donors (Lipinski definition) is 4. The largest absolute Gasteiger partial charge is 0.481 e. The van der Waals surface area contributed by atoms with Crippen LogP contribution in [0.1, 0.15) is 214 Å². The Morgan fingerprint density at radius 2 is 0.578 bits per heavy atom. The molecule has 4 N–H and O–H groups in total. The average Bonchev–Trinajstić information content (AvgIpc) is 2.97. The summed E-state index contributed by atoms with van der Waals surface area (Å²) in [7, 11) is 0. The van der Waals surface area contributed by atoms with Crippen LogP contribution in [-0.2, 0) is 9.59 Å². The van der Waals surface area contributed by atoms with Crippen LogP contribution < -0.4 is 0 Å². The zero-order valence-electron chi connectivity index (χ0n) is 30.8. The third-order valence-corrected chi connectivity index (χ3v) is 8.11. The summed E-state index contributed by atoms with van der Waals surface area (Å²) in [5.41, 5.74) is 0. The van der Waals surface area contributed by atoms with Crippen molar-refractivity contribution in [2.45, 2.75) is 221 Å². The molecule has 0 spiro atoms. The molecule has 0 aliphatic heterocycles. The van der Waals surface area contributed by atoms with Gasteiger partial charge in [-0.15, -0.1) is 0 Å². The van der Waals surface area contributed by atoms with Crippen molar-refractivity contribution < 1.29 is 30.0 Å². The monoisotopic (exact) mass is 645 g/mol. The van der Waals surface area contributed by atoms with Gasteiger partial charge in [0.1, 0.15) is 0 Å². The van der Waals surface area contributed by atoms with E-state index in [0.717, 1.165) is 37.5 Å². The first kappa shape index (κ1) is 48.3. The van der Waals surface area contributed by atoms with Crippen LogP contribution in [0.15, 0.2) is 0 Å². The highest BCUT2D eigenvalue weighted by Gasteiger charge is 1.99. The molecule has 0 heterocycles. The standard InChI is InChI=1S/2C18H36O2.C3H8O2/c2*1-17(2)15-13-11-9-7-5-3-4-6-8-10-12-14-16-18(19)20;1-3(5)2-4/h2*17H,3-16H2,1-2H3,(H,19,20);3-5H,2H2,1H3. The fraction of sp³-hybridized carbons (Fsp3) is 0.949. The summed E-state index contributed by atoms with van der Waals surface area (Å²) in [6.45, 7) is 10.6. The van der Waals surface area contributed by atoms with Gasteiger partial charge in [0.05, 0.1) is 12.7 Å². The van der Waals surface area contributed by atoms with E-state index in [4.69, 9.17) is 20.4 Å². The Bertz CT molecular complexity index is 530. The van der Waals surface area contributed by atoms with Gasteiger partial charge in [-0.2, -0.15) is 0 Å². The maximum atomic E-state index is 10.3. The van der Waals surface area contributed by atoms with Crippen LogP contribution >= 0.6 is 0 Å². The quantitative estimate of drug-likeness (QED) is 0.0558. The Morgan fingerprint density at radius 3 is 0.733 bits per heavy atom. The number of aliphatic hydroxyl groups is 2. The van der Waals surface area contributed by atoms with Gasteiger partial charge in [0.2, 0.25) is 0 Å². The zero-order valence-corrected chi connectivity index (χ0v) is 30.8. The van der Waals surface area contributed by atoms with Gasteiger partial charge in [0.15, 0.2) is 0 Å². The molecule has 0 fully saturated rings. The molecular weight excluding hydrogens is 564 g/mol. The summed E-state index contributed by atoms with van der Waals surface area (Å²) in [6.07, 6.45) is 34.1. The van der Waals surface area contributed by atoms with Crippen molar-refractivity contribution in [3.05, 3.63) is 0 Å². The van der Waals surface area contributed by atoms with Gasteiger partial charge >= 0.3 is 11.9 Å². The van der Waals surface area contributed by atoms with E-state index in [1.165, 1.54) is 148 Å². The lowest BCUT2D eigenvalue weighted by molar-refractivity contribution is -0.138. The first-order valence-electron chi connectivity index (χ1n) is 19.2. The summed E-state index contributed by atoms with van der Waals surface area (Å²) >= 11 is 0. The third kappa shape index (κ3) is 58.9. The van der Waals surface area contributed by atoms with Gasteiger partial charge in [0.25, 0.3) is 0 Å². The van der Waals surface area contributed by atoms with Gasteiger partial charge < -0.3 is 20.4 Å². The number of hydrogen-bond acceptors (Lipinski definition) is 4. The topological polar surface area (TPSA) is 115 Å². The van der Waals surface area contributed by atoms with E-state index in [1.54, 1.807) is 0 Å². The molecule has 0 rings (SSSR count). The van der Waals surface area contributed by atoms with Crippen LogP contribution in [0.4, 0.5) is 0 Å². The molecule has 0 aromatic carbocycles. The second-order valence-corrected chi connectivity index (χ2v) is 14.2. The van der Waals surface area contributed by atoms with Crippen LogP contribution in [0.3, 0.4) is 0 Å². The highest BCUT2D eigenvalue weighted by atomic mass is 16.4. The van der Waals surface area contributed by atoms with Crippen molar-refractivity contribution in [1.82, 2.24) is 0 Å². The van der Waals surface area contributed by atoms with E-state index >= 15 is 0 Å². The minimum atomic E-state index is -0.654. The molecule has 1 atom stereocenters. The SMILES string of the molecule is CC(C)CCCCCCCCCCCCCCC(=O)O.CC(C)CCCCCCCCCCCCCCC(=O)O.CC(O)CO. The molecule has 1 unspecified atom stereocenters. The predicted molar refractivity (Wildman–Crippen MR) is 193 cm³/mol. The number of rotatable bonds is 31. The molecule has 0 radical (unpaired) electrons. The summed E-state index contributed by atoms with van der Waals surface area (Å²) in [4.78, 5) is 20.7. The molecule has 0 bridgehead atoms. The Morgan fingerprint density at radius 1 is 0.400 bits per heavy atom. The van der Waals surface area contributed by atoms with Crippen LogP contribution in [0.2, 0.25) is 0 Å². The molecule has 0 aromatic heterocycles. The Kier molecular flexibility index (Phi) is 43.8. The van der Waals surface area contributed by atoms with Gasteiger partial charge in [-0.05, 0) is 31.6 Å². The molecule has 0 aliphatic rings. The van der Waals surface area contributed by atoms with E-state index in [1.807, 2.05) is 0 Å². The number of carboxylic acid groups (broad SMARTS) is 2. The maximum Gasteiger partial charge on any atom is 0.303 e. The van der Waals surface area contributed by atoms with Gasteiger partial charge in [-0.1, -0.05) is 182 Å². The molecule has 0 aromatic rings. The number of carbonyl (C=O) groups is 2. The molecule has 272 valence electrons. The zero-order chi connectivity index (χ0) is 34.4. The molecule has 6 nitrogen and oxygen atoms in total. The molecule has 0 aliphatic carbocycles. The van der Waals surface area contributed by atoms with Crippen molar-refractivity contribution in [2.75, 3.05) is 6.61 Å². The Hall–Kier alpha value is -1.14. The highest BCUT2D eigenvalue weighted by molar-refractivity contribution is 5.66. The van der Waals surface area contributed by atoms with Crippen molar-refractivity contribution in [1.29, 1.82) is 0 Å². The number of aliphatic carboxylic acids is 2. The summed E-state index contributed by atoms with van der Waals surface area (Å²) in [6, 6.07) is 0. The normalized spacial score (nSPS) is 11.6. The molecule has 0 amide bonds. The van der Waals surface area contributed by atoms with Crippen LogP contribution in [0, 0.1) is 11.8 Å². The number of carboxylic acids is 2. The first-order chi connectivity index (χ1) is 21.5. The number of aliphatic hydroxyl groups excluding tert-OH is 2. The van der Waals surface area contributed by atoms with Crippen LogP contribution in [-0.4, -0.2) is 45.1 Å². The highest BCUT2D eigenvalue weighted by Crippen LogP contribution is 2.15. The maximum absolute atomic E-state index is 10.3. The Balaban J connectivity index is -0.000000680. The number of unbranched alkanes of at least 4 members (excludes halogenated alkanes) is 22. The minimum Gasteiger partial charge on any atom is -0.481 e. The second-order valence-electron chi connectivity index (χ2n) is 14.2. The van der Waals surface area contributed by atoms with E-state index in [2.05, 4.69) is 27.7 Å². The van der Waals surface area contributed by atoms with E-state index in [-0.39, 0.29) is 6.61 Å². The minimum absolute atomic E-state index is 0.139. The molecule has 45 heavy (non-hydrogen) atoms. The predicted octanol–water partition coefficient (Wildman–Crippen LogP) is 11.7. The molecule has 6 heteroatoms. The first-order valence-corrected chi connectivity index (χ1v) is 19.2. The average molecular weight is 645 g/mol. The fourth-order valence-electron chi connectivity index (χ4n) is 5.19. The van der Waals surface area contributed by atoms with Crippen molar-refractivity contribution in [2.24, 2.45) is 11.8 Å². The van der Waals surface area contributed by atoms with Crippen molar-refractivity contribution in [3.8, 4) is 0 Å². The van der Waals surface area contributed by atoms with E-state index < -0.39 is 18.0 Å². The molecule has 0 saturated carbocycles. The second kappa shape index (κ2) is 40.9. The molecular formula is C39H80O6. The van der Waals surface area contributed by atoms with Gasteiger partial charge in [0, 0.05) is 12.8 Å². The summed E-state index contributed by atoms with van der Waals surface area (Å²) < 4.78 is 0. The third-order valence-electron chi connectivity index (χ3n) is 8.11. The van der Waals surface area contributed by atoms with Crippen molar-refractivity contribution in [3.63, 3.8) is 0 Å². The van der Waals surface area contributed by atoms with Crippen molar-refractivity contribution >= 4 is 11.9 Å². The smallest absolute Gasteiger partial charge is 0.303 e. The summed E-state index contributed by atoms with van der Waals surface area (Å²) in [5.74, 6) is 0.424. The van der Waals surface area contributed by atoms with Gasteiger partial charge in [-0.25, -0.2) is 0 Å². The van der Waals surface area contributed by atoms with Crippen LogP contribution in [0.5, 0.6) is 0 Å². The lowest BCUT2D eigenvalue weighted by atomic mass is 10.0. The molecule has 0 saturated heterocycles.